The van der Waals surface area contributed by atoms with Gasteiger partial charge in [-0.25, -0.2) is 0 Å². The Morgan fingerprint density at radius 3 is 2.12 bits per heavy atom. The minimum Gasteiger partial charge on any atom is -0.471 e. The minimum absolute atomic E-state index is 0.0461. The molecule has 0 N–H and O–H groups in total. The molecule has 0 atom stereocenters. The molecule has 1 aliphatic rings. The van der Waals surface area contributed by atoms with Crippen molar-refractivity contribution in [1.82, 2.24) is 0 Å². The van der Waals surface area contributed by atoms with Crippen LogP contribution in [-0.2, 0) is 4.12 Å². The summed E-state index contributed by atoms with van der Waals surface area (Å²) in [6, 6.07) is 6.89. The van der Waals surface area contributed by atoms with Crippen LogP contribution < -0.4 is 0 Å². The number of benzene rings is 1. The summed E-state index contributed by atoms with van der Waals surface area (Å²) >= 11 is 0. The molecule has 1 aromatic carbocycles. The van der Waals surface area contributed by atoms with Crippen LogP contribution in [0.3, 0.4) is 0 Å². The van der Waals surface area contributed by atoms with Crippen molar-refractivity contribution in [2.24, 2.45) is 0 Å². The lowest BCUT2D eigenvalue weighted by atomic mass is 9.90. The first kappa shape index (κ1) is 12.8. The third-order valence-electron chi connectivity index (χ3n) is 2.14. The quantitative estimate of drug-likeness (QED) is 0.587. The highest BCUT2D eigenvalue weighted by molar-refractivity contribution is 6.24. The van der Waals surface area contributed by atoms with Crippen molar-refractivity contribution in [2.75, 3.05) is 0 Å². The van der Waals surface area contributed by atoms with Gasteiger partial charge < -0.3 is 4.12 Å². The summed E-state index contributed by atoms with van der Waals surface area (Å²) < 4.78 is 4.53. The van der Waals surface area contributed by atoms with Gasteiger partial charge in [-0.2, -0.15) is 0 Å². The third kappa shape index (κ3) is 2.63. The van der Waals surface area contributed by atoms with E-state index in [-0.39, 0.29) is 11.6 Å². The van der Waals surface area contributed by atoms with Gasteiger partial charge in [-0.05, 0) is 13.0 Å². The number of Topliss-reactive ketones (excluding diaryl/α,β-unsaturated/α-hetero) is 1. The minimum atomic E-state index is -0.0762. The van der Waals surface area contributed by atoms with Crippen LogP contribution in [0.2, 0.25) is 0 Å². The molecule has 0 amide bonds. The van der Waals surface area contributed by atoms with Crippen molar-refractivity contribution in [3.8, 4) is 0 Å². The predicted octanol–water partition coefficient (Wildman–Crippen LogP) is -0.424. The van der Waals surface area contributed by atoms with E-state index in [1.165, 1.54) is 6.08 Å². The van der Waals surface area contributed by atoms with E-state index in [1.807, 2.05) is 0 Å². The largest absolute Gasteiger partial charge is 0.471 e. The Labute approximate surface area is 101 Å². The van der Waals surface area contributed by atoms with Crippen LogP contribution in [-0.4, -0.2) is 32.5 Å². The fraction of sp³-hybridized carbons (Fsp3) is 0.0909. The highest BCUT2D eigenvalue weighted by atomic mass is 28.3. The zero-order chi connectivity index (χ0) is 12.1. The molecule has 3 nitrogen and oxygen atoms in total. The van der Waals surface area contributed by atoms with Gasteiger partial charge in [0.2, 0.25) is 0 Å². The van der Waals surface area contributed by atoms with Gasteiger partial charge in [0.25, 0.3) is 0 Å². The molecule has 0 heterocycles. The van der Waals surface area contributed by atoms with Crippen molar-refractivity contribution < 1.29 is 13.7 Å². The van der Waals surface area contributed by atoms with E-state index < -0.39 is 0 Å². The first-order valence-electron chi connectivity index (χ1n) is 4.88. The fourth-order valence-corrected chi connectivity index (χ4v) is 1.45. The van der Waals surface area contributed by atoms with Gasteiger partial charge in [0.1, 0.15) is 21.0 Å². The van der Waals surface area contributed by atoms with Crippen molar-refractivity contribution in [2.45, 2.75) is 6.92 Å². The molecule has 0 aromatic heterocycles. The molecular formula is C11H14O3Si2. The summed E-state index contributed by atoms with van der Waals surface area (Å²) in [4.78, 5) is 23.0. The van der Waals surface area contributed by atoms with E-state index >= 15 is 0 Å². The molecule has 0 saturated carbocycles. The molecule has 0 bridgehead atoms. The molecule has 0 unspecified atom stereocenters. The first-order valence-corrected chi connectivity index (χ1v) is 6.51. The lowest BCUT2D eigenvalue weighted by Crippen LogP contribution is -2.14. The Hall–Kier alpha value is -1.31. The summed E-state index contributed by atoms with van der Waals surface area (Å²) in [6.45, 7) is 1.66. The zero-order valence-electron chi connectivity index (χ0n) is 9.61. The number of allylic oxidation sites excluding steroid dienone is 2. The van der Waals surface area contributed by atoms with Crippen LogP contribution in [0, 0.1) is 0 Å². The second kappa shape index (κ2) is 5.69. The normalized spacial score (nSPS) is 13.9. The molecule has 2 rings (SSSR count). The fourth-order valence-electron chi connectivity index (χ4n) is 1.45. The molecule has 0 aliphatic heterocycles. The van der Waals surface area contributed by atoms with E-state index in [1.54, 1.807) is 31.2 Å². The second-order valence-corrected chi connectivity index (χ2v) is 6.74. The molecule has 0 fully saturated rings. The number of hydrogen-bond acceptors (Lipinski definition) is 3. The van der Waals surface area contributed by atoms with E-state index in [2.05, 4.69) is 4.12 Å². The maximum atomic E-state index is 11.5. The van der Waals surface area contributed by atoms with Gasteiger partial charge >= 0.3 is 0 Å². The summed E-state index contributed by atoms with van der Waals surface area (Å²) in [7, 11) is 1.86. The number of hydrogen-bond donors (Lipinski definition) is 0. The maximum absolute atomic E-state index is 11.5. The van der Waals surface area contributed by atoms with Gasteiger partial charge in [0.05, 0.1) is 0 Å². The summed E-state index contributed by atoms with van der Waals surface area (Å²) in [5.74, 6) is -0.122. The molecule has 0 saturated heterocycles. The molecule has 0 radical (unpaired) electrons. The molecule has 1 aromatic rings. The number of carbonyl (C=O) groups excluding carboxylic acids is 2. The average Bonchev–Trinajstić information content (AvgIpc) is 2.27. The van der Waals surface area contributed by atoms with Crippen LogP contribution in [0.15, 0.2) is 35.9 Å². The van der Waals surface area contributed by atoms with E-state index in [4.69, 9.17) is 0 Å². The van der Waals surface area contributed by atoms with Gasteiger partial charge in [-0.1, -0.05) is 24.3 Å². The number of ketones is 2. The SMILES string of the molecule is CC1=CC(=O)c2ccccc2C1=O.[SiH3]O[SiH3]. The Bertz CT molecular complexity index is 452. The highest BCUT2D eigenvalue weighted by Gasteiger charge is 2.21. The van der Waals surface area contributed by atoms with E-state index in [9.17, 15) is 9.59 Å². The lowest BCUT2D eigenvalue weighted by Gasteiger charge is -2.11. The highest BCUT2D eigenvalue weighted by Crippen LogP contribution is 2.20. The van der Waals surface area contributed by atoms with Crippen molar-refractivity contribution in [3.05, 3.63) is 47.0 Å². The monoisotopic (exact) mass is 250 g/mol. The standard InChI is InChI=1S/C11H8O2.H6OSi2/c1-7-6-10(12)8-4-2-3-5-9(8)11(7)13;2-1-3/h2-6H,1H3;2-3H3. The Morgan fingerprint density at radius 2 is 1.56 bits per heavy atom. The van der Waals surface area contributed by atoms with Gasteiger partial charge in [-0.3, -0.25) is 9.59 Å². The maximum Gasteiger partial charge on any atom is 0.189 e. The Kier molecular flexibility index (Phi) is 4.54. The van der Waals surface area contributed by atoms with Crippen LogP contribution >= 0.6 is 0 Å². The van der Waals surface area contributed by atoms with Crippen molar-refractivity contribution in [1.29, 1.82) is 0 Å². The molecule has 84 valence electrons. The topological polar surface area (TPSA) is 43.4 Å². The van der Waals surface area contributed by atoms with Crippen LogP contribution in [0.4, 0.5) is 0 Å². The molecule has 16 heavy (non-hydrogen) atoms. The first-order chi connectivity index (χ1) is 7.61. The van der Waals surface area contributed by atoms with Crippen LogP contribution in [0.1, 0.15) is 27.6 Å². The Balaban J connectivity index is 0.000000386. The van der Waals surface area contributed by atoms with E-state index in [0.29, 0.717) is 16.7 Å². The van der Waals surface area contributed by atoms with Crippen molar-refractivity contribution in [3.63, 3.8) is 0 Å². The predicted molar refractivity (Wildman–Crippen MR) is 69.8 cm³/mol. The Morgan fingerprint density at radius 1 is 1.06 bits per heavy atom. The molecule has 0 spiro atoms. The second-order valence-electron chi connectivity index (χ2n) is 3.47. The van der Waals surface area contributed by atoms with Crippen LogP contribution in [0.25, 0.3) is 0 Å². The number of carbonyl (C=O) groups is 2. The number of fused-ring (bicyclic) bond motifs is 1. The van der Waals surface area contributed by atoms with Gasteiger partial charge in [0.15, 0.2) is 11.6 Å². The average molecular weight is 250 g/mol. The summed E-state index contributed by atoms with van der Waals surface area (Å²) in [5.41, 5.74) is 1.55. The summed E-state index contributed by atoms with van der Waals surface area (Å²) in [5, 5.41) is 0. The molecule has 1 aliphatic carbocycles. The summed E-state index contributed by atoms with van der Waals surface area (Å²) in [6.07, 6.45) is 1.39. The van der Waals surface area contributed by atoms with Crippen molar-refractivity contribution >= 4 is 32.5 Å². The van der Waals surface area contributed by atoms with E-state index in [0.717, 1.165) is 21.0 Å². The van der Waals surface area contributed by atoms with Gasteiger partial charge in [0, 0.05) is 16.7 Å². The lowest BCUT2D eigenvalue weighted by molar-refractivity contribution is 0.0984. The molecular weight excluding hydrogens is 236 g/mol. The molecule has 5 heteroatoms. The third-order valence-corrected chi connectivity index (χ3v) is 2.14. The smallest absolute Gasteiger partial charge is 0.189 e. The number of rotatable bonds is 0. The zero-order valence-corrected chi connectivity index (χ0v) is 13.6. The van der Waals surface area contributed by atoms with Gasteiger partial charge in [-0.15, -0.1) is 0 Å². The van der Waals surface area contributed by atoms with Crippen LogP contribution in [0.5, 0.6) is 0 Å².